The second-order valence-corrected chi connectivity index (χ2v) is 3.46. The van der Waals surface area contributed by atoms with Crippen molar-refractivity contribution >= 4 is 27.5 Å². The van der Waals surface area contributed by atoms with Gasteiger partial charge in [0, 0.05) is 17.1 Å². The third-order valence-electron chi connectivity index (χ3n) is 1.80. The lowest BCUT2D eigenvalue weighted by molar-refractivity contribution is 0.150. The van der Waals surface area contributed by atoms with Gasteiger partial charge in [-0.1, -0.05) is 27.5 Å². The summed E-state index contributed by atoms with van der Waals surface area (Å²) >= 11 is 8.83. The summed E-state index contributed by atoms with van der Waals surface area (Å²) in [6.45, 7) is 1.68. The van der Waals surface area contributed by atoms with Gasteiger partial charge in [0.2, 0.25) is 0 Å². The maximum atomic E-state index is 12.4. The Kier molecular flexibility index (Phi) is 3.62. The van der Waals surface area contributed by atoms with Crippen LogP contribution in [0.2, 0.25) is 5.15 Å². The van der Waals surface area contributed by atoms with Crippen LogP contribution in [0.5, 0.6) is 0 Å². The topological polar surface area (TPSA) is 12.9 Å². The summed E-state index contributed by atoms with van der Waals surface area (Å²) in [7, 11) is 0. The average molecular weight is 271 g/mol. The molecule has 0 aliphatic heterocycles. The van der Waals surface area contributed by atoms with E-state index in [0.717, 1.165) is 6.20 Å². The third-order valence-corrected chi connectivity index (χ3v) is 2.74. The van der Waals surface area contributed by atoms with Crippen molar-refractivity contribution in [3.8, 4) is 0 Å². The van der Waals surface area contributed by atoms with E-state index in [1.807, 2.05) is 0 Å². The zero-order valence-electron chi connectivity index (χ0n) is 6.82. The van der Waals surface area contributed by atoms with Crippen LogP contribution in [0.15, 0.2) is 6.20 Å². The Labute approximate surface area is 88.2 Å². The first kappa shape index (κ1) is 10.9. The predicted molar refractivity (Wildman–Crippen MR) is 51.6 cm³/mol. The van der Waals surface area contributed by atoms with Crippen LogP contribution in [-0.2, 0) is 5.33 Å². The lowest BCUT2D eigenvalue weighted by Crippen LogP contribution is -1.98. The molecule has 0 amide bonds. The Morgan fingerprint density at radius 2 is 2.23 bits per heavy atom. The van der Waals surface area contributed by atoms with Crippen LogP contribution in [0.25, 0.3) is 0 Å². The fourth-order valence-electron chi connectivity index (χ4n) is 1.01. The minimum atomic E-state index is -2.50. The van der Waals surface area contributed by atoms with Gasteiger partial charge in [-0.05, 0) is 18.1 Å². The smallest absolute Gasteiger partial charge is 0.244 e. The van der Waals surface area contributed by atoms with Crippen LogP contribution in [0.1, 0.15) is 23.1 Å². The summed E-state index contributed by atoms with van der Waals surface area (Å²) < 4.78 is 24.8. The zero-order valence-corrected chi connectivity index (χ0v) is 9.16. The summed E-state index contributed by atoms with van der Waals surface area (Å²) in [5.41, 5.74) is 1.07. The van der Waals surface area contributed by atoms with Crippen molar-refractivity contribution < 1.29 is 8.78 Å². The van der Waals surface area contributed by atoms with Crippen molar-refractivity contribution in [1.82, 2.24) is 4.98 Å². The van der Waals surface area contributed by atoms with E-state index in [1.165, 1.54) is 0 Å². The molecule has 0 aromatic carbocycles. The molecule has 0 unspecified atom stereocenters. The Morgan fingerprint density at radius 1 is 1.62 bits per heavy atom. The summed E-state index contributed by atoms with van der Waals surface area (Å²) in [5.74, 6) is 0. The van der Waals surface area contributed by atoms with Gasteiger partial charge < -0.3 is 0 Å². The van der Waals surface area contributed by atoms with E-state index in [-0.39, 0.29) is 10.7 Å². The monoisotopic (exact) mass is 269 g/mol. The van der Waals surface area contributed by atoms with Crippen molar-refractivity contribution in [2.24, 2.45) is 0 Å². The number of halogens is 4. The number of alkyl halides is 3. The Hall–Kier alpha value is -0.220. The second-order valence-electron chi connectivity index (χ2n) is 2.54. The highest BCUT2D eigenvalue weighted by molar-refractivity contribution is 9.08. The SMILES string of the molecule is Cc1c(Cl)ncc(C(F)F)c1CBr. The Bertz CT molecular complexity index is 317. The predicted octanol–water partition coefficient (Wildman–Crippen LogP) is 3.88. The number of rotatable bonds is 2. The molecular weight excluding hydrogens is 263 g/mol. The summed E-state index contributed by atoms with van der Waals surface area (Å²) in [4.78, 5) is 3.67. The van der Waals surface area contributed by atoms with Gasteiger partial charge in [-0.15, -0.1) is 0 Å². The molecular formula is C8H7BrClF2N. The van der Waals surface area contributed by atoms with Crippen molar-refractivity contribution in [3.05, 3.63) is 28.0 Å². The fraction of sp³-hybridized carbons (Fsp3) is 0.375. The maximum Gasteiger partial charge on any atom is 0.265 e. The van der Waals surface area contributed by atoms with Gasteiger partial charge in [0.05, 0.1) is 0 Å². The molecule has 0 aliphatic rings. The molecule has 13 heavy (non-hydrogen) atoms. The molecule has 0 spiro atoms. The van der Waals surface area contributed by atoms with E-state index < -0.39 is 6.43 Å². The van der Waals surface area contributed by atoms with Gasteiger partial charge in [0.25, 0.3) is 6.43 Å². The molecule has 5 heteroatoms. The molecule has 0 N–H and O–H groups in total. The minimum Gasteiger partial charge on any atom is -0.244 e. The molecule has 0 saturated heterocycles. The quantitative estimate of drug-likeness (QED) is 0.587. The normalized spacial score (nSPS) is 10.9. The molecule has 0 bridgehead atoms. The van der Waals surface area contributed by atoms with Crippen LogP contribution >= 0.6 is 27.5 Å². The van der Waals surface area contributed by atoms with Gasteiger partial charge in [-0.3, -0.25) is 0 Å². The van der Waals surface area contributed by atoms with E-state index in [0.29, 0.717) is 16.5 Å². The van der Waals surface area contributed by atoms with Crippen molar-refractivity contribution in [2.45, 2.75) is 18.7 Å². The first-order valence-corrected chi connectivity index (χ1v) is 5.05. The maximum absolute atomic E-state index is 12.4. The molecule has 1 nitrogen and oxygen atoms in total. The number of hydrogen-bond acceptors (Lipinski definition) is 1. The standard InChI is InChI=1S/C8H7BrClF2N/c1-4-5(2-9)6(8(11)12)3-13-7(4)10/h3,8H,2H2,1H3. The molecule has 0 fully saturated rings. The van der Waals surface area contributed by atoms with Crippen LogP contribution in [0.4, 0.5) is 8.78 Å². The summed E-state index contributed by atoms with van der Waals surface area (Å²) in [6.07, 6.45) is -1.38. The average Bonchev–Trinajstić information content (AvgIpc) is 2.09. The molecule has 0 atom stereocenters. The van der Waals surface area contributed by atoms with Gasteiger partial charge >= 0.3 is 0 Å². The molecule has 0 aliphatic carbocycles. The van der Waals surface area contributed by atoms with Crippen molar-refractivity contribution in [3.63, 3.8) is 0 Å². The third kappa shape index (κ3) is 2.17. The first-order valence-electron chi connectivity index (χ1n) is 3.56. The van der Waals surface area contributed by atoms with Crippen LogP contribution < -0.4 is 0 Å². The number of nitrogens with zero attached hydrogens (tertiary/aromatic N) is 1. The Morgan fingerprint density at radius 3 is 2.69 bits per heavy atom. The molecule has 0 saturated carbocycles. The van der Waals surface area contributed by atoms with Crippen molar-refractivity contribution in [2.75, 3.05) is 0 Å². The molecule has 1 heterocycles. The highest BCUT2D eigenvalue weighted by Gasteiger charge is 2.16. The summed E-state index contributed by atoms with van der Waals surface area (Å²) in [6, 6.07) is 0. The van der Waals surface area contributed by atoms with Gasteiger partial charge in [0.1, 0.15) is 5.15 Å². The van der Waals surface area contributed by atoms with E-state index in [1.54, 1.807) is 6.92 Å². The van der Waals surface area contributed by atoms with Crippen LogP contribution in [-0.4, -0.2) is 4.98 Å². The summed E-state index contributed by atoms with van der Waals surface area (Å²) in [5, 5.41) is 0.639. The number of aromatic nitrogens is 1. The van der Waals surface area contributed by atoms with Gasteiger partial charge in [0.15, 0.2) is 0 Å². The lowest BCUT2D eigenvalue weighted by atomic mass is 10.1. The van der Waals surface area contributed by atoms with E-state index in [4.69, 9.17) is 11.6 Å². The van der Waals surface area contributed by atoms with Gasteiger partial charge in [-0.25, -0.2) is 13.8 Å². The largest absolute Gasteiger partial charge is 0.265 e. The Balaban J connectivity index is 3.30. The molecule has 0 radical (unpaired) electrons. The van der Waals surface area contributed by atoms with Gasteiger partial charge in [-0.2, -0.15) is 0 Å². The van der Waals surface area contributed by atoms with E-state index in [2.05, 4.69) is 20.9 Å². The number of pyridine rings is 1. The second kappa shape index (κ2) is 4.33. The fourth-order valence-corrected chi connectivity index (χ4v) is 1.91. The number of hydrogen-bond donors (Lipinski definition) is 0. The molecule has 72 valence electrons. The van der Waals surface area contributed by atoms with Crippen LogP contribution in [0.3, 0.4) is 0 Å². The first-order chi connectivity index (χ1) is 6.07. The van der Waals surface area contributed by atoms with Crippen LogP contribution in [0, 0.1) is 6.92 Å². The minimum absolute atomic E-state index is 0.0567. The van der Waals surface area contributed by atoms with Crippen molar-refractivity contribution in [1.29, 1.82) is 0 Å². The molecule has 1 aromatic heterocycles. The lowest BCUT2D eigenvalue weighted by Gasteiger charge is -2.09. The highest BCUT2D eigenvalue weighted by atomic mass is 79.9. The van der Waals surface area contributed by atoms with E-state index >= 15 is 0 Å². The zero-order chi connectivity index (χ0) is 10.0. The van der Waals surface area contributed by atoms with E-state index in [9.17, 15) is 8.78 Å². The molecule has 1 aromatic rings. The molecule has 1 rings (SSSR count). The highest BCUT2D eigenvalue weighted by Crippen LogP contribution is 2.29.